The van der Waals surface area contributed by atoms with E-state index in [1.165, 1.54) is 0 Å². The van der Waals surface area contributed by atoms with Gasteiger partial charge in [-0.3, -0.25) is 9.59 Å². The van der Waals surface area contributed by atoms with Crippen molar-refractivity contribution in [3.8, 4) is 11.5 Å². The van der Waals surface area contributed by atoms with Crippen LogP contribution in [-0.4, -0.2) is 67.1 Å². The van der Waals surface area contributed by atoms with Gasteiger partial charge in [-0.15, -0.1) is 0 Å². The Morgan fingerprint density at radius 1 is 1.05 bits per heavy atom. The predicted octanol–water partition coefficient (Wildman–Crippen LogP) is 5.61. The van der Waals surface area contributed by atoms with E-state index < -0.39 is 5.79 Å². The maximum absolute atomic E-state index is 13.9. The zero-order chi connectivity index (χ0) is 27.9. The van der Waals surface area contributed by atoms with Crippen LogP contribution in [0.5, 0.6) is 11.5 Å². The summed E-state index contributed by atoms with van der Waals surface area (Å²) in [5, 5.41) is 0.483. The molecule has 8 heteroatoms. The number of hydrogen-bond acceptors (Lipinski definition) is 6. The number of allylic oxidation sites excluding steroid dienone is 2. The normalized spacial score (nSPS) is 31.7. The summed E-state index contributed by atoms with van der Waals surface area (Å²) in [7, 11) is 5.95. The highest BCUT2D eigenvalue weighted by Gasteiger charge is 2.63. The molecule has 7 rings (SSSR count). The highest BCUT2D eigenvalue weighted by molar-refractivity contribution is 6.34. The van der Waals surface area contributed by atoms with E-state index in [4.69, 9.17) is 25.8 Å². The number of ether oxygens (including phenoxy) is 3. The molecule has 2 heterocycles. The van der Waals surface area contributed by atoms with Crippen molar-refractivity contribution >= 4 is 23.3 Å². The van der Waals surface area contributed by atoms with Crippen molar-refractivity contribution in [1.82, 2.24) is 9.80 Å². The Kier molecular flexibility index (Phi) is 6.16. The molecule has 0 aromatic heterocycles. The first-order valence-corrected chi connectivity index (χ1v) is 14.5. The van der Waals surface area contributed by atoms with Gasteiger partial charge in [0.25, 0.3) is 11.7 Å². The zero-order valence-corrected chi connectivity index (χ0v) is 24.7. The second-order valence-corrected chi connectivity index (χ2v) is 13.0. The van der Waals surface area contributed by atoms with E-state index in [9.17, 15) is 9.59 Å². The molecule has 0 spiro atoms. The fourth-order valence-electron chi connectivity index (χ4n) is 7.80. The van der Waals surface area contributed by atoms with E-state index in [1.807, 2.05) is 19.9 Å². The third kappa shape index (κ3) is 3.79. The molecule has 1 atom stereocenters. The molecule has 3 fully saturated rings. The number of benzene rings is 1. The van der Waals surface area contributed by atoms with Gasteiger partial charge < -0.3 is 24.0 Å². The van der Waals surface area contributed by atoms with Gasteiger partial charge in [0.2, 0.25) is 0 Å². The van der Waals surface area contributed by atoms with Crippen LogP contribution in [0.4, 0.5) is 0 Å². The minimum atomic E-state index is -0.827. The summed E-state index contributed by atoms with van der Waals surface area (Å²) in [6, 6.07) is 0. The summed E-state index contributed by atoms with van der Waals surface area (Å²) in [6.07, 6.45) is 9.32. The first-order chi connectivity index (χ1) is 18.4. The van der Waals surface area contributed by atoms with E-state index in [0.29, 0.717) is 52.8 Å². The summed E-state index contributed by atoms with van der Waals surface area (Å²) >= 11 is 6.99. The Morgan fingerprint density at radius 3 is 2.31 bits per heavy atom. The van der Waals surface area contributed by atoms with E-state index in [2.05, 4.69) is 25.9 Å². The Morgan fingerprint density at radius 2 is 1.69 bits per heavy atom. The van der Waals surface area contributed by atoms with Gasteiger partial charge >= 0.3 is 0 Å². The molecule has 2 bridgehead atoms. The minimum Gasteiger partial charge on any atom is -0.496 e. The third-order valence-corrected chi connectivity index (χ3v) is 11.0. The number of ketones is 1. The molecule has 6 aliphatic rings. The molecule has 0 N–H and O–H groups in total. The highest BCUT2D eigenvalue weighted by Crippen LogP contribution is 2.63. The van der Waals surface area contributed by atoms with Crippen molar-refractivity contribution < 1.29 is 23.8 Å². The van der Waals surface area contributed by atoms with Crippen LogP contribution in [0.2, 0.25) is 5.02 Å². The van der Waals surface area contributed by atoms with Crippen LogP contribution in [0, 0.1) is 12.3 Å². The number of Topliss-reactive ketones (excluding diaryl/α,β-unsaturated/α-hetero) is 1. The largest absolute Gasteiger partial charge is 0.496 e. The molecule has 1 aromatic rings. The third-order valence-electron chi connectivity index (χ3n) is 10.6. The quantitative estimate of drug-likeness (QED) is 0.471. The van der Waals surface area contributed by atoms with E-state index in [1.54, 1.807) is 12.0 Å². The number of fused-ring (bicyclic) bond motifs is 5. The lowest BCUT2D eigenvalue weighted by atomic mass is 9.54. The Hall–Kier alpha value is -2.51. The number of hydrogen-bond donors (Lipinski definition) is 0. The summed E-state index contributed by atoms with van der Waals surface area (Å²) in [6.45, 7) is 6.58. The molecule has 7 nitrogen and oxygen atoms in total. The standard InChI is InChI=1S/C31H39ClN2O5/c1-18-15-22(35)21(23(16-18)37-6)17-34-14-7-20-24(28(34)36)19(2)26-27(25(20)32)39-29(3,38-26)30-8-11-31(12-9-30,13-10-30)33(4)5/h16H,7-15,17H2,1-6H3/t29-,30?,31?/m0/s1. The Bertz CT molecular complexity index is 1320. The van der Waals surface area contributed by atoms with Crippen LogP contribution in [0.1, 0.15) is 80.3 Å². The molecule has 0 unspecified atom stereocenters. The van der Waals surface area contributed by atoms with Gasteiger partial charge in [-0.25, -0.2) is 0 Å². The van der Waals surface area contributed by atoms with Crippen LogP contribution < -0.4 is 9.47 Å². The molecular weight excluding hydrogens is 516 g/mol. The number of amides is 1. The Labute approximate surface area is 236 Å². The highest BCUT2D eigenvalue weighted by atomic mass is 35.5. The summed E-state index contributed by atoms with van der Waals surface area (Å²) < 4.78 is 18.9. The smallest absolute Gasteiger partial charge is 0.254 e. The van der Waals surface area contributed by atoms with Gasteiger partial charge in [0, 0.05) is 36.4 Å². The lowest BCUT2D eigenvalue weighted by Gasteiger charge is -2.59. The number of carbonyl (C=O) groups excluding carboxylic acids is 2. The monoisotopic (exact) mass is 554 g/mol. The fraction of sp³-hybridized carbons (Fsp3) is 0.613. The maximum Gasteiger partial charge on any atom is 0.254 e. The van der Waals surface area contributed by atoms with Crippen LogP contribution in [0.3, 0.4) is 0 Å². The molecule has 0 radical (unpaired) electrons. The topological polar surface area (TPSA) is 68.3 Å². The lowest BCUT2D eigenvalue weighted by molar-refractivity contribution is -0.211. The van der Waals surface area contributed by atoms with Gasteiger partial charge in [0.05, 0.1) is 29.8 Å². The zero-order valence-electron chi connectivity index (χ0n) is 24.0. The van der Waals surface area contributed by atoms with E-state index in [-0.39, 0.29) is 29.2 Å². The van der Waals surface area contributed by atoms with Crippen molar-refractivity contribution in [2.24, 2.45) is 5.41 Å². The van der Waals surface area contributed by atoms with Crippen molar-refractivity contribution in [2.75, 3.05) is 34.3 Å². The predicted molar refractivity (Wildman–Crippen MR) is 149 cm³/mol. The number of methoxy groups -OCH3 is 1. The van der Waals surface area contributed by atoms with Crippen LogP contribution in [0.15, 0.2) is 23.0 Å². The van der Waals surface area contributed by atoms with Gasteiger partial charge in [-0.05, 0) is 84.5 Å². The number of nitrogens with zero attached hydrogens (tertiary/aromatic N) is 2. The molecule has 39 heavy (non-hydrogen) atoms. The first-order valence-electron chi connectivity index (χ1n) is 14.1. The molecule has 3 saturated carbocycles. The lowest BCUT2D eigenvalue weighted by Crippen LogP contribution is -2.62. The number of rotatable bonds is 5. The van der Waals surface area contributed by atoms with Crippen molar-refractivity contribution in [3.63, 3.8) is 0 Å². The van der Waals surface area contributed by atoms with Crippen LogP contribution in [0.25, 0.3) is 0 Å². The van der Waals surface area contributed by atoms with E-state index in [0.717, 1.165) is 55.2 Å². The van der Waals surface area contributed by atoms with Crippen molar-refractivity contribution in [1.29, 1.82) is 0 Å². The molecular formula is C31H39ClN2O5. The van der Waals surface area contributed by atoms with E-state index >= 15 is 0 Å². The molecule has 1 aromatic carbocycles. The molecule has 4 aliphatic carbocycles. The average molecular weight is 555 g/mol. The van der Waals surface area contributed by atoms with Gasteiger partial charge in [-0.2, -0.15) is 0 Å². The van der Waals surface area contributed by atoms with Gasteiger partial charge in [0.15, 0.2) is 17.3 Å². The van der Waals surface area contributed by atoms with Crippen molar-refractivity contribution in [3.05, 3.63) is 44.7 Å². The Balaban J connectivity index is 1.31. The maximum atomic E-state index is 13.9. The summed E-state index contributed by atoms with van der Waals surface area (Å²) in [4.78, 5) is 30.9. The van der Waals surface area contributed by atoms with Gasteiger partial charge in [0.1, 0.15) is 5.76 Å². The fourth-order valence-corrected chi connectivity index (χ4v) is 8.11. The second kappa shape index (κ2) is 9.00. The molecule has 1 amide bonds. The summed E-state index contributed by atoms with van der Waals surface area (Å²) in [5.41, 5.74) is 3.83. The molecule has 2 aliphatic heterocycles. The minimum absolute atomic E-state index is 0.000777. The first kappa shape index (κ1) is 26.7. The average Bonchev–Trinajstić information content (AvgIpc) is 3.30. The number of carbonyl (C=O) groups is 2. The summed E-state index contributed by atoms with van der Waals surface area (Å²) in [5.74, 6) is 0.738. The molecule has 0 saturated heterocycles. The second-order valence-electron chi connectivity index (χ2n) is 12.6. The van der Waals surface area contributed by atoms with Crippen molar-refractivity contribution in [2.45, 2.75) is 83.5 Å². The number of halogens is 1. The SMILES string of the molecule is COC1=C(CN2CCc3c(Cl)c4c(c(C)c3C2=O)O[C@](C)(C23CCC(N(C)C)(CC2)CC3)O4)C(=O)CC(C)=C1. The van der Waals surface area contributed by atoms with Crippen LogP contribution >= 0.6 is 11.6 Å². The van der Waals surface area contributed by atoms with Gasteiger partial charge in [-0.1, -0.05) is 17.2 Å². The van der Waals surface area contributed by atoms with Crippen LogP contribution in [-0.2, 0) is 16.0 Å². The molecule has 210 valence electrons.